The fourth-order valence-electron chi connectivity index (χ4n) is 0. The van der Waals surface area contributed by atoms with Gasteiger partial charge in [0.1, 0.15) is 0 Å². The monoisotopic (exact) mass is 148 g/mol. The van der Waals surface area contributed by atoms with E-state index in [0.717, 1.165) is 0 Å². The standard InChI is InChI=1S/C4H9AsO/c1-4(6)5(2)3/h1-3H3. The molecule has 0 saturated carbocycles. The van der Waals surface area contributed by atoms with Crippen molar-refractivity contribution in [2.75, 3.05) is 0 Å². The summed E-state index contributed by atoms with van der Waals surface area (Å²) in [4.78, 5) is 10.2. The second-order valence-electron chi connectivity index (χ2n) is 1.41. The van der Waals surface area contributed by atoms with Crippen LogP contribution in [-0.4, -0.2) is 19.2 Å². The van der Waals surface area contributed by atoms with Crippen LogP contribution in [0.1, 0.15) is 6.92 Å². The molecular formula is C4H9AsO. The van der Waals surface area contributed by atoms with E-state index in [9.17, 15) is 4.79 Å². The van der Waals surface area contributed by atoms with Crippen molar-refractivity contribution in [3.63, 3.8) is 0 Å². The zero-order chi connectivity index (χ0) is 5.15. The molecule has 0 aromatic carbocycles. The van der Waals surface area contributed by atoms with E-state index in [1.807, 2.05) is 11.4 Å². The SMILES string of the molecule is CC(=O)[As](C)C. The van der Waals surface area contributed by atoms with Crippen LogP contribution in [0, 0.1) is 0 Å². The number of rotatable bonds is 1. The molecule has 0 fully saturated rings. The van der Waals surface area contributed by atoms with E-state index < -0.39 is 14.7 Å². The van der Waals surface area contributed by atoms with E-state index in [1.54, 1.807) is 6.92 Å². The topological polar surface area (TPSA) is 17.1 Å². The predicted molar refractivity (Wildman–Crippen MR) is 28.2 cm³/mol. The molecule has 0 aliphatic heterocycles. The molecule has 0 saturated heterocycles. The van der Waals surface area contributed by atoms with Gasteiger partial charge in [-0.3, -0.25) is 0 Å². The third-order valence-corrected chi connectivity index (χ3v) is 3.27. The summed E-state index contributed by atoms with van der Waals surface area (Å²) in [6.45, 7) is 1.67. The van der Waals surface area contributed by atoms with E-state index in [4.69, 9.17) is 0 Å². The number of carbonyl (C=O) groups excluding carboxylic acids is 1. The molecule has 0 radical (unpaired) electrons. The van der Waals surface area contributed by atoms with Gasteiger partial charge in [-0.1, -0.05) is 0 Å². The van der Waals surface area contributed by atoms with Crippen LogP contribution in [0.15, 0.2) is 0 Å². The van der Waals surface area contributed by atoms with E-state index in [-0.39, 0.29) is 0 Å². The molecule has 0 atom stereocenters. The zero-order valence-electron chi connectivity index (χ0n) is 4.36. The molecule has 0 aliphatic rings. The van der Waals surface area contributed by atoms with Crippen LogP contribution in [0.4, 0.5) is 0 Å². The average molecular weight is 148 g/mol. The number of carbonyl (C=O) groups is 1. The van der Waals surface area contributed by atoms with Gasteiger partial charge in [-0.2, -0.15) is 0 Å². The third kappa shape index (κ3) is 2.46. The summed E-state index contributed by atoms with van der Waals surface area (Å²) in [5.74, 6) is 0. The molecule has 2 heteroatoms. The summed E-state index contributed by atoms with van der Waals surface area (Å²) in [6.07, 6.45) is 0. The maximum absolute atomic E-state index is 10.2. The van der Waals surface area contributed by atoms with Crippen molar-refractivity contribution in [1.29, 1.82) is 0 Å². The van der Waals surface area contributed by atoms with Gasteiger partial charge in [0.05, 0.1) is 0 Å². The second-order valence-corrected chi connectivity index (χ2v) is 6.49. The minimum absolute atomic E-state index is 0.405. The molecule has 0 aromatic heterocycles. The molecule has 0 spiro atoms. The summed E-state index contributed by atoms with van der Waals surface area (Å²) in [5.41, 5.74) is 4.07. The molecule has 0 aliphatic carbocycles. The summed E-state index contributed by atoms with van der Waals surface area (Å²) >= 11 is -0.938. The molecule has 1 nitrogen and oxygen atoms in total. The van der Waals surface area contributed by atoms with Crippen LogP contribution in [-0.2, 0) is 4.79 Å². The Balaban J connectivity index is 3.26. The van der Waals surface area contributed by atoms with Crippen molar-refractivity contribution in [3.05, 3.63) is 0 Å². The van der Waals surface area contributed by atoms with E-state index >= 15 is 0 Å². The molecule has 0 heterocycles. The van der Waals surface area contributed by atoms with Crippen LogP contribution in [0.3, 0.4) is 0 Å². The Morgan fingerprint density at radius 1 is 1.50 bits per heavy atom. The Morgan fingerprint density at radius 2 is 1.67 bits per heavy atom. The van der Waals surface area contributed by atoms with E-state index in [0.29, 0.717) is 4.57 Å². The molecule has 0 aromatic rings. The number of hydrogen-bond acceptors (Lipinski definition) is 1. The van der Waals surface area contributed by atoms with Gasteiger partial charge < -0.3 is 0 Å². The molecular weight excluding hydrogens is 139 g/mol. The fourth-order valence-corrected chi connectivity index (χ4v) is 0. The Hall–Kier alpha value is 0.228. The Morgan fingerprint density at radius 3 is 1.67 bits per heavy atom. The zero-order valence-corrected chi connectivity index (χ0v) is 6.23. The molecule has 0 rings (SSSR count). The van der Waals surface area contributed by atoms with Gasteiger partial charge >= 0.3 is 42.4 Å². The van der Waals surface area contributed by atoms with Crippen LogP contribution < -0.4 is 0 Å². The van der Waals surface area contributed by atoms with Gasteiger partial charge in [0.25, 0.3) is 0 Å². The molecule has 0 amide bonds. The normalized spacial score (nSPS) is 9.33. The van der Waals surface area contributed by atoms with E-state index in [2.05, 4.69) is 0 Å². The van der Waals surface area contributed by atoms with Gasteiger partial charge in [-0.05, 0) is 0 Å². The van der Waals surface area contributed by atoms with Crippen molar-refractivity contribution >= 4 is 19.2 Å². The third-order valence-electron chi connectivity index (χ3n) is 0.630. The first-order chi connectivity index (χ1) is 2.64. The summed E-state index contributed by atoms with van der Waals surface area (Å²) in [6, 6.07) is 0. The minimum atomic E-state index is -0.938. The Bertz CT molecular complexity index is 58.6. The van der Waals surface area contributed by atoms with Gasteiger partial charge in [-0.15, -0.1) is 0 Å². The first-order valence-corrected chi connectivity index (χ1v) is 6.51. The van der Waals surface area contributed by atoms with Crippen molar-refractivity contribution in [2.45, 2.75) is 18.3 Å². The van der Waals surface area contributed by atoms with Gasteiger partial charge in [0.15, 0.2) is 0 Å². The van der Waals surface area contributed by atoms with Crippen molar-refractivity contribution in [3.8, 4) is 0 Å². The molecule has 0 N–H and O–H groups in total. The van der Waals surface area contributed by atoms with Gasteiger partial charge in [0.2, 0.25) is 0 Å². The van der Waals surface area contributed by atoms with Crippen LogP contribution in [0.25, 0.3) is 0 Å². The van der Waals surface area contributed by atoms with Gasteiger partial charge in [-0.25, -0.2) is 0 Å². The summed E-state index contributed by atoms with van der Waals surface area (Å²) in [7, 11) is 0. The maximum atomic E-state index is 10.2. The first kappa shape index (κ1) is 6.23. The molecule has 0 unspecified atom stereocenters. The van der Waals surface area contributed by atoms with Crippen molar-refractivity contribution in [1.82, 2.24) is 0 Å². The Labute approximate surface area is 43.0 Å². The second kappa shape index (κ2) is 2.41. The number of hydrogen-bond donors (Lipinski definition) is 0. The average Bonchev–Trinajstić information content (AvgIpc) is 1.36. The predicted octanol–water partition coefficient (Wildman–Crippen LogP) is 0.869. The quantitative estimate of drug-likeness (QED) is 0.504. The summed E-state index contributed by atoms with van der Waals surface area (Å²) in [5, 5.41) is 0. The fraction of sp³-hybridized carbons (Fsp3) is 0.750. The van der Waals surface area contributed by atoms with Crippen molar-refractivity contribution in [2.24, 2.45) is 0 Å². The Kier molecular flexibility index (Phi) is 2.50. The van der Waals surface area contributed by atoms with Crippen LogP contribution >= 0.6 is 0 Å². The van der Waals surface area contributed by atoms with Crippen LogP contribution in [0.2, 0.25) is 11.4 Å². The van der Waals surface area contributed by atoms with E-state index in [1.165, 1.54) is 0 Å². The first-order valence-electron chi connectivity index (χ1n) is 1.82. The molecule has 6 heavy (non-hydrogen) atoms. The summed E-state index contributed by atoms with van der Waals surface area (Å²) < 4.78 is 0.405. The molecule has 0 bridgehead atoms. The van der Waals surface area contributed by atoms with Gasteiger partial charge in [0, 0.05) is 0 Å². The molecule has 36 valence electrons. The van der Waals surface area contributed by atoms with Crippen molar-refractivity contribution < 1.29 is 4.79 Å². The van der Waals surface area contributed by atoms with Crippen LogP contribution in [0.5, 0.6) is 0 Å².